The van der Waals surface area contributed by atoms with Gasteiger partial charge in [-0.15, -0.1) is 0 Å². The highest BCUT2D eigenvalue weighted by Crippen LogP contribution is 2.28. The molecule has 2 rings (SSSR count). The Morgan fingerprint density at radius 2 is 1.93 bits per heavy atom. The number of amides is 1. The summed E-state index contributed by atoms with van der Waals surface area (Å²) in [5, 5.41) is 13.6. The van der Waals surface area contributed by atoms with Gasteiger partial charge in [0.05, 0.1) is 11.3 Å². The third kappa shape index (κ3) is 4.95. The van der Waals surface area contributed by atoms with Crippen LogP contribution in [0.5, 0.6) is 5.88 Å². The number of aromatic nitrogens is 2. The Morgan fingerprint density at radius 3 is 2.54 bits per heavy atom. The van der Waals surface area contributed by atoms with Crippen LogP contribution in [-0.4, -0.2) is 26.3 Å². The van der Waals surface area contributed by atoms with Gasteiger partial charge < -0.3 is 10.4 Å². The van der Waals surface area contributed by atoms with E-state index in [2.05, 4.69) is 10.3 Å². The number of carbonyl (C=O) groups is 1. The standard InChI is InChI=1S/C21H29N3O3S/c1-6-13(3)18-19(26)23-21(24(20(18)27)15(5)7-2)28-12-17(25)22-16-11-9-8-10-14(16)4/h8-11,13,15,26H,6-7,12H2,1-5H3,(H,22,25). The third-order valence-corrected chi connectivity index (χ3v) is 5.94. The predicted octanol–water partition coefficient (Wildman–Crippen LogP) is 4.47. The van der Waals surface area contributed by atoms with Gasteiger partial charge in [0.1, 0.15) is 0 Å². The number of hydrogen-bond acceptors (Lipinski definition) is 5. The third-order valence-electron chi connectivity index (χ3n) is 4.99. The lowest BCUT2D eigenvalue weighted by molar-refractivity contribution is -0.113. The highest BCUT2D eigenvalue weighted by Gasteiger charge is 2.23. The van der Waals surface area contributed by atoms with Gasteiger partial charge in [-0.2, -0.15) is 4.98 Å². The summed E-state index contributed by atoms with van der Waals surface area (Å²) in [5.41, 5.74) is 1.86. The first-order valence-electron chi connectivity index (χ1n) is 9.63. The highest BCUT2D eigenvalue weighted by molar-refractivity contribution is 7.99. The molecule has 2 atom stereocenters. The van der Waals surface area contributed by atoms with E-state index in [0.717, 1.165) is 35.9 Å². The normalized spacial score (nSPS) is 13.2. The molecule has 1 amide bonds. The van der Waals surface area contributed by atoms with E-state index < -0.39 is 0 Å². The minimum atomic E-state index is -0.235. The molecule has 0 saturated carbocycles. The molecule has 0 saturated heterocycles. The smallest absolute Gasteiger partial charge is 0.261 e. The van der Waals surface area contributed by atoms with Gasteiger partial charge in [-0.25, -0.2) is 0 Å². The summed E-state index contributed by atoms with van der Waals surface area (Å²) in [4.78, 5) is 29.7. The fraction of sp³-hybridized carbons (Fsp3) is 0.476. The zero-order valence-corrected chi connectivity index (χ0v) is 18.0. The lowest BCUT2D eigenvalue weighted by Crippen LogP contribution is -2.30. The van der Waals surface area contributed by atoms with Crippen LogP contribution in [0, 0.1) is 6.92 Å². The Labute approximate surface area is 170 Å². The summed E-state index contributed by atoms with van der Waals surface area (Å²) in [7, 11) is 0. The molecule has 1 aromatic carbocycles. The number of aryl methyl sites for hydroxylation is 1. The first kappa shape index (κ1) is 22.0. The van der Waals surface area contributed by atoms with Crippen molar-refractivity contribution in [2.24, 2.45) is 0 Å². The van der Waals surface area contributed by atoms with Crippen LogP contribution in [0.2, 0.25) is 0 Å². The van der Waals surface area contributed by atoms with Gasteiger partial charge in [0.15, 0.2) is 5.16 Å². The largest absolute Gasteiger partial charge is 0.493 e. The SMILES string of the molecule is CCC(C)c1c(O)nc(SCC(=O)Nc2ccccc2C)n(C(C)CC)c1=O. The van der Waals surface area contributed by atoms with Crippen LogP contribution >= 0.6 is 11.8 Å². The van der Waals surface area contributed by atoms with Gasteiger partial charge in [-0.3, -0.25) is 14.2 Å². The van der Waals surface area contributed by atoms with E-state index in [9.17, 15) is 14.7 Å². The van der Waals surface area contributed by atoms with E-state index >= 15 is 0 Å². The van der Waals surface area contributed by atoms with Crippen LogP contribution in [0.3, 0.4) is 0 Å². The summed E-state index contributed by atoms with van der Waals surface area (Å²) in [5.74, 6) is -0.409. The van der Waals surface area contributed by atoms with Crippen molar-refractivity contribution in [3.05, 3.63) is 45.7 Å². The van der Waals surface area contributed by atoms with Crippen molar-refractivity contribution in [1.82, 2.24) is 9.55 Å². The molecule has 7 heteroatoms. The Hall–Kier alpha value is -2.28. The molecule has 2 N–H and O–H groups in total. The molecule has 0 bridgehead atoms. The van der Waals surface area contributed by atoms with E-state index in [-0.39, 0.29) is 35.1 Å². The second-order valence-corrected chi connectivity index (χ2v) is 7.97. The average molecular weight is 404 g/mol. The molecular formula is C21H29N3O3S. The van der Waals surface area contributed by atoms with E-state index in [1.54, 1.807) is 4.57 Å². The monoisotopic (exact) mass is 403 g/mol. The van der Waals surface area contributed by atoms with Crippen molar-refractivity contribution >= 4 is 23.4 Å². The molecule has 0 aliphatic carbocycles. The summed E-state index contributed by atoms with van der Waals surface area (Å²) in [6.45, 7) is 9.73. The first-order valence-corrected chi connectivity index (χ1v) is 10.6. The quantitative estimate of drug-likeness (QED) is 0.502. The second-order valence-electron chi connectivity index (χ2n) is 7.03. The summed E-state index contributed by atoms with van der Waals surface area (Å²) < 4.78 is 1.60. The zero-order chi connectivity index (χ0) is 20.8. The lowest BCUT2D eigenvalue weighted by atomic mass is 10.0. The molecule has 6 nitrogen and oxygen atoms in total. The van der Waals surface area contributed by atoms with E-state index in [0.29, 0.717) is 10.7 Å². The first-order chi connectivity index (χ1) is 13.3. The minimum absolute atomic E-state index is 0.0784. The lowest BCUT2D eigenvalue weighted by Gasteiger charge is -2.20. The van der Waals surface area contributed by atoms with Crippen molar-refractivity contribution in [3.8, 4) is 5.88 Å². The molecule has 28 heavy (non-hydrogen) atoms. The Kier molecular flexibility index (Phi) is 7.69. The van der Waals surface area contributed by atoms with Crippen molar-refractivity contribution in [2.45, 2.75) is 64.6 Å². The highest BCUT2D eigenvalue weighted by atomic mass is 32.2. The Bertz CT molecular complexity index is 895. The number of thioether (sulfide) groups is 1. The Morgan fingerprint density at radius 1 is 1.25 bits per heavy atom. The number of nitrogens with one attached hydrogen (secondary N) is 1. The maximum Gasteiger partial charge on any atom is 0.261 e. The molecule has 0 spiro atoms. The Balaban J connectivity index is 2.28. The maximum absolute atomic E-state index is 13.0. The number of carbonyl (C=O) groups excluding carboxylic acids is 1. The average Bonchev–Trinajstić information content (AvgIpc) is 2.67. The van der Waals surface area contributed by atoms with Crippen LogP contribution in [-0.2, 0) is 4.79 Å². The molecule has 0 radical (unpaired) electrons. The zero-order valence-electron chi connectivity index (χ0n) is 17.2. The molecule has 0 aliphatic rings. The fourth-order valence-corrected chi connectivity index (χ4v) is 3.74. The van der Waals surface area contributed by atoms with Gasteiger partial charge in [-0.05, 0) is 44.2 Å². The van der Waals surface area contributed by atoms with Gasteiger partial charge in [0.25, 0.3) is 5.56 Å². The molecule has 2 unspecified atom stereocenters. The van der Waals surface area contributed by atoms with Gasteiger partial charge in [-0.1, -0.05) is 50.7 Å². The number of hydrogen-bond donors (Lipinski definition) is 2. The van der Waals surface area contributed by atoms with Crippen molar-refractivity contribution in [1.29, 1.82) is 0 Å². The van der Waals surface area contributed by atoms with Gasteiger partial charge in [0.2, 0.25) is 11.8 Å². The number of para-hydroxylation sites is 1. The van der Waals surface area contributed by atoms with E-state index in [4.69, 9.17) is 0 Å². The molecule has 1 aromatic heterocycles. The van der Waals surface area contributed by atoms with Gasteiger partial charge >= 0.3 is 0 Å². The van der Waals surface area contributed by atoms with Crippen molar-refractivity contribution < 1.29 is 9.90 Å². The topological polar surface area (TPSA) is 84.2 Å². The summed E-state index contributed by atoms with van der Waals surface area (Å²) in [6.07, 6.45) is 1.48. The molecule has 1 heterocycles. The van der Waals surface area contributed by atoms with Crippen LogP contribution < -0.4 is 10.9 Å². The second kappa shape index (κ2) is 9.78. The van der Waals surface area contributed by atoms with Crippen molar-refractivity contribution in [3.63, 3.8) is 0 Å². The maximum atomic E-state index is 13.0. The number of benzene rings is 1. The van der Waals surface area contributed by atoms with E-state index in [1.807, 2.05) is 58.9 Å². The summed E-state index contributed by atoms with van der Waals surface area (Å²) in [6, 6.07) is 7.47. The number of aromatic hydroxyl groups is 1. The molecular weight excluding hydrogens is 374 g/mol. The van der Waals surface area contributed by atoms with Crippen LogP contribution in [0.1, 0.15) is 63.6 Å². The summed E-state index contributed by atoms with van der Waals surface area (Å²) >= 11 is 1.16. The molecule has 0 fully saturated rings. The molecule has 0 aliphatic heterocycles. The van der Waals surface area contributed by atoms with Crippen molar-refractivity contribution in [2.75, 3.05) is 11.1 Å². The van der Waals surface area contributed by atoms with Gasteiger partial charge in [0, 0.05) is 11.7 Å². The van der Waals surface area contributed by atoms with Crippen LogP contribution in [0.15, 0.2) is 34.2 Å². The fourth-order valence-electron chi connectivity index (χ4n) is 2.85. The minimum Gasteiger partial charge on any atom is -0.493 e. The van der Waals surface area contributed by atoms with Crippen LogP contribution in [0.25, 0.3) is 0 Å². The van der Waals surface area contributed by atoms with Crippen LogP contribution in [0.4, 0.5) is 5.69 Å². The molecule has 152 valence electrons. The number of anilines is 1. The number of rotatable bonds is 8. The predicted molar refractivity (Wildman–Crippen MR) is 114 cm³/mol. The number of nitrogens with zero attached hydrogens (tertiary/aromatic N) is 2. The van der Waals surface area contributed by atoms with E-state index in [1.165, 1.54) is 0 Å². The molecule has 2 aromatic rings.